The van der Waals surface area contributed by atoms with E-state index in [0.717, 1.165) is 36.7 Å². The molecule has 1 aliphatic heterocycles. The molecule has 0 aliphatic carbocycles. The molecule has 1 N–H and O–H groups in total. The Labute approximate surface area is 109 Å². The number of hydrogen-bond donors (Lipinski definition) is 1. The fourth-order valence-electron chi connectivity index (χ4n) is 2.71. The van der Waals surface area contributed by atoms with Crippen LogP contribution >= 0.6 is 0 Å². The van der Waals surface area contributed by atoms with Gasteiger partial charge in [0, 0.05) is 19.6 Å². The van der Waals surface area contributed by atoms with Crippen LogP contribution in [0.5, 0.6) is 0 Å². The summed E-state index contributed by atoms with van der Waals surface area (Å²) in [6.45, 7) is 7.18. The summed E-state index contributed by atoms with van der Waals surface area (Å²) in [5, 5.41) is 3.12. The lowest BCUT2D eigenvalue weighted by atomic mass is 9.88. The normalized spacial score (nSPS) is 24.3. The summed E-state index contributed by atoms with van der Waals surface area (Å²) in [7, 11) is 1.90. The number of hydrogen-bond acceptors (Lipinski definition) is 2. The molecule has 3 heteroatoms. The number of para-hydroxylation sites is 1. The Hall–Kier alpha value is -1.09. The summed E-state index contributed by atoms with van der Waals surface area (Å²) >= 11 is 0. The zero-order valence-electron chi connectivity index (χ0n) is 11.5. The van der Waals surface area contributed by atoms with Crippen molar-refractivity contribution in [2.75, 3.05) is 25.0 Å². The fraction of sp³-hybridized carbons (Fsp3) is 0.600. The lowest BCUT2D eigenvalue weighted by Crippen LogP contribution is -2.39. The van der Waals surface area contributed by atoms with Crippen molar-refractivity contribution in [3.05, 3.63) is 29.6 Å². The molecule has 0 amide bonds. The maximum atomic E-state index is 14.1. The summed E-state index contributed by atoms with van der Waals surface area (Å²) in [4.78, 5) is 2.21. The molecule has 0 radical (unpaired) electrons. The van der Waals surface area contributed by atoms with Crippen molar-refractivity contribution in [1.82, 2.24) is 5.32 Å². The molecule has 2 atom stereocenters. The second kappa shape index (κ2) is 5.70. The van der Waals surface area contributed by atoms with Crippen LogP contribution in [0.15, 0.2) is 18.2 Å². The van der Waals surface area contributed by atoms with Gasteiger partial charge in [-0.05, 0) is 36.9 Å². The van der Waals surface area contributed by atoms with Gasteiger partial charge in [-0.25, -0.2) is 4.39 Å². The third kappa shape index (κ3) is 2.66. The molecule has 1 fully saturated rings. The van der Waals surface area contributed by atoms with E-state index in [1.807, 2.05) is 13.1 Å². The fourth-order valence-corrected chi connectivity index (χ4v) is 2.71. The SMILES string of the molecule is CNCc1cccc(F)c1N1CCC(C)C(C)C1. The minimum Gasteiger partial charge on any atom is -0.369 e. The van der Waals surface area contributed by atoms with E-state index in [9.17, 15) is 4.39 Å². The van der Waals surface area contributed by atoms with E-state index in [4.69, 9.17) is 0 Å². The van der Waals surface area contributed by atoms with Crippen LogP contribution in [0.1, 0.15) is 25.8 Å². The lowest BCUT2D eigenvalue weighted by molar-refractivity contribution is 0.322. The van der Waals surface area contributed by atoms with Gasteiger partial charge >= 0.3 is 0 Å². The summed E-state index contributed by atoms with van der Waals surface area (Å²) in [6, 6.07) is 5.37. The molecule has 1 aromatic carbocycles. The lowest BCUT2D eigenvalue weighted by Gasteiger charge is -2.38. The molecule has 2 nitrogen and oxygen atoms in total. The van der Waals surface area contributed by atoms with E-state index < -0.39 is 0 Å². The van der Waals surface area contributed by atoms with Gasteiger partial charge in [0.05, 0.1) is 5.69 Å². The number of piperidine rings is 1. The zero-order chi connectivity index (χ0) is 13.1. The first kappa shape index (κ1) is 13.3. The molecule has 0 bridgehead atoms. The van der Waals surface area contributed by atoms with Gasteiger partial charge < -0.3 is 10.2 Å². The predicted octanol–water partition coefficient (Wildman–Crippen LogP) is 3.03. The third-order valence-corrected chi connectivity index (χ3v) is 4.09. The van der Waals surface area contributed by atoms with Crippen LogP contribution in [-0.4, -0.2) is 20.1 Å². The third-order valence-electron chi connectivity index (χ3n) is 4.09. The van der Waals surface area contributed by atoms with Gasteiger partial charge in [0.15, 0.2) is 0 Å². The van der Waals surface area contributed by atoms with E-state index in [2.05, 4.69) is 24.1 Å². The first-order valence-electron chi connectivity index (χ1n) is 6.80. The Morgan fingerprint density at radius 1 is 1.33 bits per heavy atom. The molecule has 2 unspecified atom stereocenters. The van der Waals surface area contributed by atoms with E-state index in [0.29, 0.717) is 12.5 Å². The quantitative estimate of drug-likeness (QED) is 0.887. The number of rotatable bonds is 3. The Balaban J connectivity index is 2.26. The molecular formula is C15H23FN2. The average molecular weight is 250 g/mol. The summed E-state index contributed by atoms with van der Waals surface area (Å²) in [5.41, 5.74) is 1.85. The Morgan fingerprint density at radius 3 is 2.78 bits per heavy atom. The number of nitrogens with zero attached hydrogens (tertiary/aromatic N) is 1. The molecule has 1 aromatic rings. The minimum atomic E-state index is -0.0931. The summed E-state index contributed by atoms with van der Waals surface area (Å²) < 4.78 is 14.1. The Kier molecular flexibility index (Phi) is 4.23. The van der Waals surface area contributed by atoms with Gasteiger partial charge in [-0.3, -0.25) is 0 Å². The summed E-state index contributed by atoms with van der Waals surface area (Å²) in [5.74, 6) is 1.27. The van der Waals surface area contributed by atoms with E-state index in [-0.39, 0.29) is 5.82 Å². The van der Waals surface area contributed by atoms with Gasteiger partial charge in [0.25, 0.3) is 0 Å². The molecule has 1 aliphatic rings. The Bertz CT molecular complexity index is 405. The van der Waals surface area contributed by atoms with Crippen molar-refractivity contribution in [3.63, 3.8) is 0 Å². The highest BCUT2D eigenvalue weighted by Crippen LogP contribution is 2.31. The van der Waals surface area contributed by atoms with Crippen LogP contribution in [0.4, 0.5) is 10.1 Å². The highest BCUT2D eigenvalue weighted by atomic mass is 19.1. The van der Waals surface area contributed by atoms with Gasteiger partial charge in [-0.1, -0.05) is 26.0 Å². The van der Waals surface area contributed by atoms with E-state index in [1.165, 1.54) is 0 Å². The van der Waals surface area contributed by atoms with Crippen molar-refractivity contribution < 1.29 is 4.39 Å². The van der Waals surface area contributed by atoms with Crippen LogP contribution < -0.4 is 10.2 Å². The molecule has 0 spiro atoms. The van der Waals surface area contributed by atoms with Crippen LogP contribution in [0, 0.1) is 17.7 Å². The van der Waals surface area contributed by atoms with Crippen LogP contribution in [0.2, 0.25) is 0 Å². The van der Waals surface area contributed by atoms with E-state index >= 15 is 0 Å². The van der Waals surface area contributed by atoms with Crippen molar-refractivity contribution in [2.24, 2.45) is 11.8 Å². The van der Waals surface area contributed by atoms with Gasteiger partial charge in [0.1, 0.15) is 5.82 Å². The average Bonchev–Trinajstić information content (AvgIpc) is 2.34. The molecule has 1 heterocycles. The topological polar surface area (TPSA) is 15.3 Å². The predicted molar refractivity (Wildman–Crippen MR) is 74.3 cm³/mol. The van der Waals surface area contributed by atoms with Crippen molar-refractivity contribution in [3.8, 4) is 0 Å². The minimum absolute atomic E-state index is 0.0931. The molecule has 100 valence electrons. The second-order valence-corrected chi connectivity index (χ2v) is 5.47. The van der Waals surface area contributed by atoms with Crippen LogP contribution in [-0.2, 0) is 6.54 Å². The monoisotopic (exact) mass is 250 g/mol. The zero-order valence-corrected chi connectivity index (χ0v) is 11.5. The van der Waals surface area contributed by atoms with Crippen molar-refractivity contribution in [1.29, 1.82) is 0 Å². The molecule has 0 saturated carbocycles. The molecule has 0 aromatic heterocycles. The first-order valence-corrected chi connectivity index (χ1v) is 6.80. The molecule has 2 rings (SSSR count). The number of benzene rings is 1. The first-order chi connectivity index (χ1) is 8.63. The number of halogens is 1. The Morgan fingerprint density at radius 2 is 2.11 bits per heavy atom. The molecule has 1 saturated heterocycles. The van der Waals surface area contributed by atoms with Crippen LogP contribution in [0.3, 0.4) is 0 Å². The number of anilines is 1. The second-order valence-electron chi connectivity index (χ2n) is 5.47. The van der Waals surface area contributed by atoms with Crippen molar-refractivity contribution >= 4 is 5.69 Å². The van der Waals surface area contributed by atoms with Gasteiger partial charge in [0.2, 0.25) is 0 Å². The molecular weight excluding hydrogens is 227 g/mol. The standard InChI is InChI=1S/C15H23FN2/c1-11-7-8-18(10-12(11)2)15-13(9-17-3)5-4-6-14(15)16/h4-6,11-12,17H,7-10H2,1-3H3. The molecule has 18 heavy (non-hydrogen) atoms. The number of nitrogens with one attached hydrogen (secondary N) is 1. The van der Waals surface area contributed by atoms with Gasteiger partial charge in [-0.15, -0.1) is 0 Å². The highest BCUT2D eigenvalue weighted by Gasteiger charge is 2.25. The largest absolute Gasteiger partial charge is 0.369 e. The van der Waals surface area contributed by atoms with E-state index in [1.54, 1.807) is 12.1 Å². The highest BCUT2D eigenvalue weighted by molar-refractivity contribution is 5.55. The maximum absolute atomic E-state index is 14.1. The smallest absolute Gasteiger partial charge is 0.146 e. The van der Waals surface area contributed by atoms with Gasteiger partial charge in [-0.2, -0.15) is 0 Å². The maximum Gasteiger partial charge on any atom is 0.146 e. The van der Waals surface area contributed by atoms with Crippen molar-refractivity contribution in [2.45, 2.75) is 26.8 Å². The van der Waals surface area contributed by atoms with Crippen LogP contribution in [0.25, 0.3) is 0 Å². The summed E-state index contributed by atoms with van der Waals surface area (Å²) in [6.07, 6.45) is 1.15.